The standard InChI is InChI=1S/C14H15ClF2N2S/c1-2-3-19-14(4-9-7-18-8-20-9)10-5-13(17)11(15)6-12(10)16/h5-8,14,19H,2-4H2,1H3. The molecule has 0 saturated carbocycles. The number of aromatic nitrogens is 1. The molecule has 0 amide bonds. The predicted octanol–water partition coefficient (Wildman–Crippen LogP) is 4.36. The second-order valence-electron chi connectivity index (χ2n) is 4.47. The van der Waals surface area contributed by atoms with Crippen LogP contribution in [-0.4, -0.2) is 11.5 Å². The molecule has 0 spiro atoms. The molecule has 0 radical (unpaired) electrons. The minimum atomic E-state index is -0.601. The first-order chi connectivity index (χ1) is 9.61. The van der Waals surface area contributed by atoms with E-state index in [1.807, 2.05) is 6.92 Å². The van der Waals surface area contributed by atoms with Crippen molar-refractivity contribution in [3.63, 3.8) is 0 Å². The number of benzene rings is 1. The van der Waals surface area contributed by atoms with Crippen molar-refractivity contribution < 1.29 is 8.78 Å². The molecule has 1 atom stereocenters. The van der Waals surface area contributed by atoms with Gasteiger partial charge in [0.25, 0.3) is 0 Å². The minimum Gasteiger partial charge on any atom is -0.310 e. The molecule has 1 aromatic heterocycles. The van der Waals surface area contributed by atoms with E-state index >= 15 is 0 Å². The molecule has 0 aliphatic carbocycles. The van der Waals surface area contributed by atoms with Gasteiger partial charge in [-0.3, -0.25) is 4.98 Å². The number of halogens is 3. The molecule has 0 bridgehead atoms. The topological polar surface area (TPSA) is 24.9 Å². The molecular formula is C14H15ClF2N2S. The Kier molecular flexibility index (Phi) is 5.46. The lowest BCUT2D eigenvalue weighted by Gasteiger charge is -2.19. The van der Waals surface area contributed by atoms with Gasteiger partial charge in [0, 0.05) is 29.1 Å². The Balaban J connectivity index is 2.27. The average Bonchev–Trinajstić information content (AvgIpc) is 2.92. The van der Waals surface area contributed by atoms with Crippen LogP contribution < -0.4 is 5.32 Å². The molecule has 1 heterocycles. The summed E-state index contributed by atoms with van der Waals surface area (Å²) in [5.41, 5.74) is 2.03. The van der Waals surface area contributed by atoms with Gasteiger partial charge in [0.1, 0.15) is 11.6 Å². The zero-order chi connectivity index (χ0) is 14.5. The third-order valence-corrected chi connectivity index (χ3v) is 4.04. The van der Waals surface area contributed by atoms with E-state index in [1.54, 1.807) is 11.7 Å². The van der Waals surface area contributed by atoms with E-state index in [2.05, 4.69) is 10.3 Å². The Morgan fingerprint density at radius 2 is 2.15 bits per heavy atom. The summed E-state index contributed by atoms with van der Waals surface area (Å²) in [6.07, 6.45) is 3.23. The van der Waals surface area contributed by atoms with Gasteiger partial charge in [-0.1, -0.05) is 18.5 Å². The maximum absolute atomic E-state index is 14.0. The zero-order valence-corrected chi connectivity index (χ0v) is 12.6. The lowest BCUT2D eigenvalue weighted by molar-refractivity contribution is 0.492. The zero-order valence-electron chi connectivity index (χ0n) is 11.0. The van der Waals surface area contributed by atoms with Crippen LogP contribution in [-0.2, 0) is 6.42 Å². The average molecular weight is 317 g/mol. The molecule has 0 fully saturated rings. The number of hydrogen-bond donors (Lipinski definition) is 1. The van der Waals surface area contributed by atoms with Crippen molar-refractivity contribution in [1.29, 1.82) is 0 Å². The van der Waals surface area contributed by atoms with Crippen LogP contribution in [0.5, 0.6) is 0 Å². The van der Waals surface area contributed by atoms with Crippen LogP contribution >= 0.6 is 22.9 Å². The second kappa shape index (κ2) is 7.11. The Labute approximate surface area is 125 Å². The Hall–Kier alpha value is -1.04. The highest BCUT2D eigenvalue weighted by Crippen LogP contribution is 2.27. The molecule has 20 heavy (non-hydrogen) atoms. The largest absolute Gasteiger partial charge is 0.310 e. The third kappa shape index (κ3) is 3.75. The van der Waals surface area contributed by atoms with Gasteiger partial charge in [0.05, 0.1) is 10.5 Å². The maximum Gasteiger partial charge on any atom is 0.142 e. The molecule has 2 nitrogen and oxygen atoms in total. The summed E-state index contributed by atoms with van der Waals surface area (Å²) in [7, 11) is 0. The van der Waals surface area contributed by atoms with E-state index in [-0.39, 0.29) is 11.1 Å². The first-order valence-corrected chi connectivity index (χ1v) is 7.62. The molecule has 1 aromatic carbocycles. The second-order valence-corrected chi connectivity index (χ2v) is 5.84. The van der Waals surface area contributed by atoms with E-state index in [0.29, 0.717) is 12.0 Å². The van der Waals surface area contributed by atoms with E-state index in [4.69, 9.17) is 11.6 Å². The number of hydrogen-bond acceptors (Lipinski definition) is 3. The first kappa shape index (κ1) is 15.4. The Morgan fingerprint density at radius 3 is 2.80 bits per heavy atom. The van der Waals surface area contributed by atoms with Crippen LogP contribution in [0.15, 0.2) is 23.8 Å². The number of nitrogens with zero attached hydrogens (tertiary/aromatic N) is 1. The molecule has 1 unspecified atom stereocenters. The van der Waals surface area contributed by atoms with Crippen molar-refractivity contribution in [2.45, 2.75) is 25.8 Å². The first-order valence-electron chi connectivity index (χ1n) is 6.37. The van der Waals surface area contributed by atoms with Gasteiger partial charge in [-0.15, -0.1) is 11.3 Å². The van der Waals surface area contributed by atoms with Crippen molar-refractivity contribution >= 4 is 22.9 Å². The van der Waals surface area contributed by atoms with Gasteiger partial charge in [0.15, 0.2) is 0 Å². The number of rotatable bonds is 6. The molecule has 0 aliphatic rings. The summed E-state index contributed by atoms with van der Waals surface area (Å²) < 4.78 is 27.6. The van der Waals surface area contributed by atoms with E-state index in [1.165, 1.54) is 17.4 Å². The Bertz CT molecular complexity index is 561. The van der Waals surface area contributed by atoms with Gasteiger partial charge >= 0.3 is 0 Å². The maximum atomic E-state index is 14.0. The molecule has 108 valence electrons. The SMILES string of the molecule is CCCNC(Cc1cncs1)c1cc(F)c(Cl)cc1F. The lowest BCUT2D eigenvalue weighted by atomic mass is 10.0. The highest BCUT2D eigenvalue weighted by atomic mass is 35.5. The van der Waals surface area contributed by atoms with E-state index in [0.717, 1.165) is 23.9 Å². The summed E-state index contributed by atoms with van der Waals surface area (Å²) in [4.78, 5) is 5.03. The van der Waals surface area contributed by atoms with Crippen molar-refractivity contribution in [1.82, 2.24) is 10.3 Å². The van der Waals surface area contributed by atoms with Crippen LogP contribution in [0.2, 0.25) is 5.02 Å². The molecule has 0 aliphatic heterocycles. The summed E-state index contributed by atoms with van der Waals surface area (Å²) >= 11 is 7.09. The van der Waals surface area contributed by atoms with E-state index < -0.39 is 11.6 Å². The molecular weight excluding hydrogens is 302 g/mol. The Morgan fingerprint density at radius 1 is 1.35 bits per heavy atom. The lowest BCUT2D eigenvalue weighted by Crippen LogP contribution is -2.25. The number of thiazole rings is 1. The van der Waals surface area contributed by atoms with Gasteiger partial charge < -0.3 is 5.32 Å². The van der Waals surface area contributed by atoms with Gasteiger partial charge in [0.2, 0.25) is 0 Å². The third-order valence-electron chi connectivity index (χ3n) is 2.94. The normalized spacial score (nSPS) is 12.6. The van der Waals surface area contributed by atoms with Gasteiger partial charge in [-0.05, 0) is 25.1 Å². The predicted molar refractivity (Wildman–Crippen MR) is 78.2 cm³/mol. The van der Waals surface area contributed by atoms with Crippen molar-refractivity contribution in [2.75, 3.05) is 6.54 Å². The minimum absolute atomic E-state index is 0.196. The molecule has 1 N–H and O–H groups in total. The summed E-state index contributed by atoms with van der Waals surface area (Å²) in [5, 5.41) is 3.04. The quantitative estimate of drug-likeness (QED) is 0.801. The molecule has 0 saturated heterocycles. The van der Waals surface area contributed by atoms with Crippen molar-refractivity contribution in [3.8, 4) is 0 Å². The fraction of sp³-hybridized carbons (Fsp3) is 0.357. The van der Waals surface area contributed by atoms with E-state index in [9.17, 15) is 8.78 Å². The van der Waals surface area contributed by atoms with Crippen LogP contribution in [0, 0.1) is 11.6 Å². The summed E-state index contributed by atoms with van der Waals surface area (Å²) in [6, 6.07) is 1.91. The summed E-state index contributed by atoms with van der Waals surface area (Å²) in [5.74, 6) is -1.09. The van der Waals surface area contributed by atoms with Gasteiger partial charge in [-0.2, -0.15) is 0 Å². The monoisotopic (exact) mass is 316 g/mol. The summed E-state index contributed by atoms with van der Waals surface area (Å²) in [6.45, 7) is 2.75. The van der Waals surface area contributed by atoms with Gasteiger partial charge in [-0.25, -0.2) is 8.78 Å². The fourth-order valence-corrected chi connectivity index (χ4v) is 2.75. The highest BCUT2D eigenvalue weighted by Gasteiger charge is 2.19. The molecule has 2 aromatic rings. The molecule has 6 heteroatoms. The van der Waals surface area contributed by atoms with Crippen molar-refractivity contribution in [2.24, 2.45) is 0 Å². The van der Waals surface area contributed by atoms with Crippen LogP contribution in [0.25, 0.3) is 0 Å². The highest BCUT2D eigenvalue weighted by molar-refractivity contribution is 7.09. The van der Waals surface area contributed by atoms with Crippen molar-refractivity contribution in [3.05, 3.63) is 50.9 Å². The van der Waals surface area contributed by atoms with Crippen LogP contribution in [0.4, 0.5) is 8.78 Å². The van der Waals surface area contributed by atoms with Crippen LogP contribution in [0.1, 0.15) is 29.8 Å². The fourth-order valence-electron chi connectivity index (χ4n) is 1.96. The van der Waals surface area contributed by atoms with Crippen LogP contribution in [0.3, 0.4) is 0 Å². The smallest absolute Gasteiger partial charge is 0.142 e. The molecule has 2 rings (SSSR count). The number of nitrogens with one attached hydrogen (secondary N) is 1.